The van der Waals surface area contributed by atoms with Crippen molar-refractivity contribution >= 4 is 21.5 Å². The summed E-state index contributed by atoms with van der Waals surface area (Å²) < 4.78 is 24.0. The maximum absolute atomic E-state index is 12.0. The Morgan fingerprint density at radius 1 is 1.45 bits per heavy atom. The summed E-state index contributed by atoms with van der Waals surface area (Å²) in [4.78, 5) is 20.9. The van der Waals surface area contributed by atoms with Gasteiger partial charge in [0.2, 0.25) is 0 Å². The number of carbonyl (C=O) groups is 1. The van der Waals surface area contributed by atoms with Crippen LogP contribution in [-0.4, -0.2) is 39.5 Å². The van der Waals surface area contributed by atoms with E-state index in [4.69, 9.17) is 5.11 Å². The summed E-state index contributed by atoms with van der Waals surface area (Å²) >= 11 is 0. The van der Waals surface area contributed by atoms with Gasteiger partial charge in [-0.15, -0.1) is 0 Å². The van der Waals surface area contributed by atoms with Crippen LogP contribution in [0.4, 0.5) is 5.69 Å². The molecule has 0 saturated heterocycles. The molecule has 0 saturated carbocycles. The maximum atomic E-state index is 12.0. The number of aryl methyl sites for hydroxylation is 1. The zero-order valence-corrected chi connectivity index (χ0v) is 12.2. The fraction of sp³-hybridized carbons (Fsp3) is 0.545. The van der Waals surface area contributed by atoms with Crippen molar-refractivity contribution in [2.45, 2.75) is 32.1 Å². The van der Waals surface area contributed by atoms with Gasteiger partial charge in [0.25, 0.3) is 5.69 Å². The van der Waals surface area contributed by atoms with Gasteiger partial charge < -0.3 is 9.67 Å². The van der Waals surface area contributed by atoms with Crippen LogP contribution >= 0.6 is 0 Å². The minimum atomic E-state index is -3.43. The normalized spacial score (nSPS) is 12.3. The first-order valence-corrected chi connectivity index (χ1v) is 7.41. The monoisotopic (exact) mass is 304 g/mol. The molecule has 112 valence electrons. The molecular formula is C11H16N2O6S. The topological polar surface area (TPSA) is 120 Å². The lowest BCUT2D eigenvalue weighted by atomic mass is 10.3. The van der Waals surface area contributed by atoms with E-state index in [9.17, 15) is 23.3 Å². The maximum Gasteiger partial charge on any atom is 0.352 e. The highest BCUT2D eigenvalue weighted by molar-refractivity contribution is 7.92. The van der Waals surface area contributed by atoms with Crippen LogP contribution in [0.25, 0.3) is 0 Å². The van der Waals surface area contributed by atoms with Gasteiger partial charge in [0.15, 0.2) is 9.84 Å². The van der Waals surface area contributed by atoms with E-state index in [2.05, 4.69) is 0 Å². The number of nitrogens with zero attached hydrogens (tertiary/aromatic N) is 2. The van der Waals surface area contributed by atoms with E-state index in [0.717, 1.165) is 16.8 Å². The zero-order chi connectivity index (χ0) is 15.7. The molecule has 0 amide bonds. The molecular weight excluding hydrogens is 288 g/mol. The standard InChI is InChI=1S/C11H16N2O6S/c1-11(2,3)20(18,19)5-4-12-7-8(13(16)17)6-9(12)10(14)15/h6-7H,4-5H2,1-3H3,(H,14,15). The van der Waals surface area contributed by atoms with E-state index in [1.165, 1.54) is 0 Å². The van der Waals surface area contributed by atoms with Crippen molar-refractivity contribution in [3.63, 3.8) is 0 Å². The fourth-order valence-electron chi connectivity index (χ4n) is 1.48. The van der Waals surface area contributed by atoms with Crippen LogP contribution in [0.3, 0.4) is 0 Å². The van der Waals surface area contributed by atoms with Crippen molar-refractivity contribution in [1.29, 1.82) is 0 Å². The average molecular weight is 304 g/mol. The Morgan fingerprint density at radius 2 is 2.00 bits per heavy atom. The van der Waals surface area contributed by atoms with Crippen molar-refractivity contribution in [1.82, 2.24) is 4.57 Å². The molecule has 1 N–H and O–H groups in total. The van der Waals surface area contributed by atoms with Crippen molar-refractivity contribution in [3.05, 3.63) is 28.1 Å². The van der Waals surface area contributed by atoms with Gasteiger partial charge in [-0.25, -0.2) is 13.2 Å². The minimum Gasteiger partial charge on any atom is -0.477 e. The van der Waals surface area contributed by atoms with Gasteiger partial charge in [0.05, 0.1) is 21.6 Å². The third-order valence-corrected chi connectivity index (χ3v) is 5.43. The van der Waals surface area contributed by atoms with Gasteiger partial charge in [0.1, 0.15) is 5.69 Å². The molecule has 0 bridgehead atoms. The van der Waals surface area contributed by atoms with Crippen molar-refractivity contribution in [2.75, 3.05) is 5.75 Å². The number of rotatable bonds is 5. The lowest BCUT2D eigenvalue weighted by molar-refractivity contribution is -0.384. The number of hydrogen-bond acceptors (Lipinski definition) is 5. The number of aromatic nitrogens is 1. The second-order valence-electron chi connectivity index (χ2n) is 5.27. The minimum absolute atomic E-state index is 0.144. The summed E-state index contributed by atoms with van der Waals surface area (Å²) in [7, 11) is -3.43. The van der Waals surface area contributed by atoms with Gasteiger partial charge in [-0.1, -0.05) is 0 Å². The molecule has 9 heteroatoms. The Bertz CT molecular complexity index is 638. The van der Waals surface area contributed by atoms with Gasteiger partial charge >= 0.3 is 5.97 Å². The largest absolute Gasteiger partial charge is 0.477 e. The molecule has 1 heterocycles. The van der Waals surface area contributed by atoms with Gasteiger partial charge in [-0.2, -0.15) is 0 Å². The predicted octanol–water partition coefficient (Wildman–Crippen LogP) is 1.31. The third kappa shape index (κ3) is 3.35. The summed E-state index contributed by atoms with van der Waals surface area (Å²) in [6, 6.07) is 0.909. The Balaban J connectivity index is 3.04. The quantitative estimate of drug-likeness (QED) is 0.647. The van der Waals surface area contributed by atoms with Crippen LogP contribution in [0.1, 0.15) is 31.3 Å². The highest BCUT2D eigenvalue weighted by Gasteiger charge is 2.29. The van der Waals surface area contributed by atoms with E-state index in [1.54, 1.807) is 20.8 Å². The van der Waals surface area contributed by atoms with E-state index < -0.39 is 25.5 Å². The van der Waals surface area contributed by atoms with Crippen molar-refractivity contribution in [2.24, 2.45) is 0 Å². The number of carboxylic acid groups (broad SMARTS) is 1. The summed E-state index contributed by atoms with van der Waals surface area (Å²) in [5, 5.41) is 19.6. The van der Waals surface area contributed by atoms with E-state index in [0.29, 0.717) is 0 Å². The fourth-order valence-corrected chi connectivity index (χ4v) is 2.53. The molecule has 0 unspecified atom stereocenters. The smallest absolute Gasteiger partial charge is 0.352 e. The molecule has 1 rings (SSSR count). The number of hydrogen-bond donors (Lipinski definition) is 1. The Hall–Kier alpha value is -1.90. The van der Waals surface area contributed by atoms with Crippen LogP contribution < -0.4 is 0 Å². The number of nitro groups is 1. The molecule has 1 aromatic heterocycles. The van der Waals surface area contributed by atoms with Gasteiger partial charge in [-0.05, 0) is 20.8 Å². The average Bonchev–Trinajstić information content (AvgIpc) is 2.69. The van der Waals surface area contributed by atoms with Crippen LogP contribution in [0, 0.1) is 10.1 Å². The molecule has 0 aliphatic rings. The van der Waals surface area contributed by atoms with Gasteiger partial charge in [0, 0.05) is 12.6 Å². The molecule has 0 fully saturated rings. The zero-order valence-electron chi connectivity index (χ0n) is 11.4. The molecule has 1 aromatic rings. The first-order chi connectivity index (χ1) is 8.95. The van der Waals surface area contributed by atoms with Crippen molar-refractivity contribution in [3.8, 4) is 0 Å². The van der Waals surface area contributed by atoms with Crippen LogP contribution in [-0.2, 0) is 16.4 Å². The molecule has 0 spiro atoms. The third-order valence-electron chi connectivity index (χ3n) is 2.85. The molecule has 20 heavy (non-hydrogen) atoms. The summed E-state index contributed by atoms with van der Waals surface area (Å²) in [6.45, 7) is 4.48. The molecule has 0 atom stereocenters. The van der Waals surface area contributed by atoms with E-state index in [1.807, 2.05) is 0 Å². The second kappa shape index (κ2) is 5.23. The van der Waals surface area contributed by atoms with Crippen LogP contribution in [0.5, 0.6) is 0 Å². The highest BCUT2D eigenvalue weighted by atomic mass is 32.2. The SMILES string of the molecule is CC(C)(C)S(=O)(=O)CCn1cc([N+](=O)[O-])cc1C(=O)O. The van der Waals surface area contributed by atoms with Crippen LogP contribution in [0.2, 0.25) is 0 Å². The summed E-state index contributed by atoms with van der Waals surface area (Å²) in [5.41, 5.74) is -0.684. The number of sulfone groups is 1. The first-order valence-electron chi connectivity index (χ1n) is 5.76. The predicted molar refractivity (Wildman–Crippen MR) is 71.6 cm³/mol. The van der Waals surface area contributed by atoms with Crippen molar-refractivity contribution < 1.29 is 23.2 Å². The van der Waals surface area contributed by atoms with E-state index >= 15 is 0 Å². The molecule has 0 radical (unpaired) electrons. The highest BCUT2D eigenvalue weighted by Crippen LogP contribution is 2.19. The lowest BCUT2D eigenvalue weighted by Gasteiger charge is -2.19. The number of carboxylic acids is 1. The van der Waals surface area contributed by atoms with Crippen LogP contribution in [0.15, 0.2) is 12.3 Å². The molecule has 0 aliphatic heterocycles. The second-order valence-corrected chi connectivity index (χ2v) is 8.13. The summed E-state index contributed by atoms with van der Waals surface area (Å²) in [6.07, 6.45) is 1.03. The Labute approximate surface area is 116 Å². The number of aromatic carboxylic acids is 1. The Kier molecular flexibility index (Phi) is 4.23. The first kappa shape index (κ1) is 16.2. The molecule has 8 nitrogen and oxygen atoms in total. The van der Waals surface area contributed by atoms with E-state index in [-0.39, 0.29) is 23.7 Å². The summed E-state index contributed by atoms with van der Waals surface area (Å²) in [5.74, 6) is -1.63. The molecule has 0 aliphatic carbocycles. The molecule has 0 aromatic carbocycles. The Morgan fingerprint density at radius 3 is 2.40 bits per heavy atom. The lowest BCUT2D eigenvalue weighted by Crippen LogP contribution is -2.32. The van der Waals surface area contributed by atoms with Gasteiger partial charge in [-0.3, -0.25) is 10.1 Å².